The largest absolute Gasteiger partial charge is 0.508 e. The van der Waals surface area contributed by atoms with Crippen molar-refractivity contribution in [3.8, 4) is 34.5 Å². The normalized spacial score (nSPS) is 11.4. The van der Waals surface area contributed by atoms with Crippen LogP contribution in [-0.4, -0.2) is 74.5 Å². The molecule has 0 bridgehead atoms. The summed E-state index contributed by atoms with van der Waals surface area (Å²) in [6.07, 6.45) is 0.381. The fraction of sp³-hybridized carbons (Fsp3) is 0.286. The first-order chi connectivity index (χ1) is 49.7. The number of fused-ring (bicyclic) bond motifs is 3. The minimum Gasteiger partial charge on any atom is -0.508 e. The lowest BCUT2D eigenvalue weighted by molar-refractivity contribution is 0.0740. The third-order valence-corrected chi connectivity index (χ3v) is 73.9. The minimum atomic E-state index is -0.529. The summed E-state index contributed by atoms with van der Waals surface area (Å²) in [5.74, 6) is -2.31. The molecule has 0 aliphatic carbocycles. The van der Waals surface area contributed by atoms with Crippen molar-refractivity contribution in [3.63, 3.8) is 0 Å². The van der Waals surface area contributed by atoms with Gasteiger partial charge in [-0.1, -0.05) is 114 Å². The molecule has 103 heavy (non-hydrogen) atoms. The molecule has 14 nitrogen and oxygen atoms in total. The van der Waals surface area contributed by atoms with Gasteiger partial charge in [0.15, 0.2) is 6.29 Å². The maximum atomic E-state index is 12.9. The van der Waals surface area contributed by atoms with Crippen molar-refractivity contribution in [2.45, 2.75) is 105 Å². The van der Waals surface area contributed by atoms with E-state index in [0.717, 1.165) is 33.4 Å². The molecule has 562 valence electrons. The van der Waals surface area contributed by atoms with Crippen LogP contribution in [0.15, 0.2) is 97.1 Å². The lowest BCUT2D eigenvalue weighted by atomic mass is 9.94. The molecule has 6 aromatic rings. The molecule has 0 radical (unpaired) electrons. The van der Waals surface area contributed by atoms with Gasteiger partial charge in [0.2, 0.25) is 0 Å². The van der Waals surface area contributed by atoms with Gasteiger partial charge in [0.05, 0.1) is 34.4 Å². The number of benzene rings is 6. The van der Waals surface area contributed by atoms with Crippen molar-refractivity contribution in [2.75, 3.05) is 0 Å². The Bertz CT molecular complexity index is 5440. The zero-order valence-corrected chi connectivity index (χ0v) is 80.5. The van der Waals surface area contributed by atoms with Gasteiger partial charge in [-0.3, -0.25) is 19.2 Å². The molecule has 3 heterocycles. The van der Waals surface area contributed by atoms with Crippen molar-refractivity contribution < 1.29 is 54.9 Å². The van der Waals surface area contributed by atoms with Gasteiger partial charge in [0, 0.05) is 348 Å². The number of phenolic OH excluding ortho intramolecular Hbond substituents is 4. The summed E-state index contributed by atoms with van der Waals surface area (Å²) in [7, 11) is 48.9. The summed E-state index contributed by atoms with van der Waals surface area (Å²) in [6, 6.07) is 29.4. The first-order valence-electron chi connectivity index (χ1n) is 28.4. The monoisotopic (exact) mass is 2000 g/mol. The van der Waals surface area contributed by atoms with E-state index >= 15 is 0 Å². The fourth-order valence-electron chi connectivity index (χ4n) is 9.37. The fourth-order valence-corrected chi connectivity index (χ4v) is 78.0. The lowest BCUT2D eigenvalue weighted by Crippen LogP contribution is -2.25. The van der Waals surface area contributed by atoms with E-state index in [-0.39, 0.29) is 92.0 Å². The Morgan fingerprint density at radius 3 is 0.874 bits per heavy atom. The SMILES string of the molecule is CC(C)c1cc(C(=O)N2Cc3ccccc3C2)c(O)c(C=O)c1O.CC(C)c1cc(C(=O)N2Cc3ccccc3C2)c(O)c(CO)c1O.CC(C)c1cc(C(=O)N2Cc3ccccc3C2)c(O)cc1O.S=S=S=S=S=S=S=S=S=S=S=S=S=S=S=S.S=S=S=S=S=S=S=S=S=S=S=S=S=S=S=S=S. The van der Waals surface area contributed by atoms with Gasteiger partial charge in [-0.25, -0.2) is 0 Å². The number of aliphatic hydroxyl groups is 1. The second kappa shape index (κ2) is 52.6. The maximum Gasteiger partial charge on any atom is 0.258 e. The van der Waals surface area contributed by atoms with Gasteiger partial charge in [0.25, 0.3) is 17.7 Å². The third-order valence-electron chi connectivity index (χ3n) is 13.9. The first-order valence-corrected chi connectivity index (χ1v) is 69.7. The van der Waals surface area contributed by atoms with Crippen LogP contribution >= 0.6 is 0 Å². The summed E-state index contributed by atoms with van der Waals surface area (Å²) in [4.78, 5) is 54.7. The van der Waals surface area contributed by atoms with Crippen LogP contribution in [0.5, 0.6) is 34.5 Å². The van der Waals surface area contributed by atoms with Gasteiger partial charge in [-0.05, 0) is 86.0 Å². The molecule has 0 unspecified atom stereocenters. The number of hydrogen-bond donors (Lipinski definition) is 7. The standard InChI is InChI=1S/C19H21NO4.C19H19NO4.C18H19NO3.S17.S16/c2*1-11(2)14-7-15(18(23)16(10-21)17(14)22)19(24)20-8-12-5-3-4-6-13(12)9-20;1-11(2)14-7-15(17(21)8-16(14)20)18(22)19-9-12-5-3-4-6-13(12)10-19;1-3-5-7-9-11-13-15-17-16-14-12-10-8-6-4-2;1-3-5-7-9-11-13-15-16-14-12-10-8-6-4-2/h3-7,11,21-23H,8-10H2,1-2H3;3-7,10-11,22-23H,8-9H2,1-2H3;3-8,11,20-21H,9-10H2,1-2H3;;. The van der Waals surface area contributed by atoms with Crippen LogP contribution in [0, 0.1) is 0 Å². The number of carbonyl (C=O) groups is 4. The molecular weight excluding hydrogens is 1950 g/mol. The van der Waals surface area contributed by atoms with Crippen LogP contribution in [-0.2, 0) is 348 Å². The predicted molar refractivity (Wildman–Crippen MR) is 506 cm³/mol. The van der Waals surface area contributed by atoms with E-state index in [9.17, 15) is 54.9 Å². The number of phenols is 6. The van der Waals surface area contributed by atoms with E-state index in [1.54, 1.807) is 243 Å². The highest BCUT2D eigenvalue weighted by atomic mass is 33.5. The lowest BCUT2D eigenvalue weighted by Gasteiger charge is -2.20. The molecule has 3 aliphatic heterocycles. The molecule has 0 spiro atoms. The van der Waals surface area contributed by atoms with Gasteiger partial charge >= 0.3 is 0 Å². The number of aldehydes is 1. The van der Waals surface area contributed by atoms with Crippen LogP contribution in [0.2, 0.25) is 0 Å². The maximum absolute atomic E-state index is 12.9. The number of nitrogens with zero attached hydrogens (tertiary/aromatic N) is 3. The van der Waals surface area contributed by atoms with Crippen LogP contribution in [0.3, 0.4) is 0 Å². The van der Waals surface area contributed by atoms with Gasteiger partial charge in [-0.15, -0.1) is 0 Å². The summed E-state index contributed by atoms with van der Waals surface area (Å²) in [6.45, 7) is 13.8. The molecule has 0 aromatic heterocycles. The summed E-state index contributed by atoms with van der Waals surface area (Å²) < 4.78 is 0. The Labute approximate surface area is 699 Å². The van der Waals surface area contributed by atoms with Gasteiger partial charge < -0.3 is 50.4 Å². The molecule has 47 heteroatoms. The topological polar surface area (TPSA) is 220 Å². The van der Waals surface area contributed by atoms with Crippen molar-refractivity contribution >= 4 is 326 Å². The zero-order valence-electron chi connectivity index (χ0n) is 53.6. The van der Waals surface area contributed by atoms with Crippen molar-refractivity contribution in [2.24, 2.45) is 0 Å². The Morgan fingerprint density at radius 2 is 0.612 bits per heavy atom. The zero-order chi connectivity index (χ0) is 75.2. The van der Waals surface area contributed by atoms with E-state index in [4.69, 9.17) is 44.8 Å². The smallest absolute Gasteiger partial charge is 0.258 e. The Hall–Kier alpha value is -0.580. The number of aliphatic hydroxyl groups excluding tert-OH is 1. The molecule has 0 saturated heterocycles. The molecule has 9 rings (SSSR count). The molecule has 0 atom stereocenters. The van der Waals surface area contributed by atoms with Crippen molar-refractivity contribution in [1.29, 1.82) is 0 Å². The highest BCUT2D eigenvalue weighted by molar-refractivity contribution is 8.78. The van der Waals surface area contributed by atoms with Crippen LogP contribution in [0.25, 0.3) is 0 Å². The second-order valence-corrected chi connectivity index (χ2v) is 72.0. The number of amides is 3. The molecule has 6 aromatic carbocycles. The molecular formula is C56H59N3O11S33. The number of carbonyl (C=O) groups excluding carboxylic acids is 4. The van der Waals surface area contributed by atoms with E-state index in [2.05, 4.69) is 0 Å². The van der Waals surface area contributed by atoms with E-state index in [1.165, 1.54) is 53.7 Å². The first kappa shape index (κ1) is 93.0. The number of aromatic hydroxyl groups is 6. The average molecular weight is 2010 g/mol. The summed E-state index contributed by atoms with van der Waals surface area (Å²) >= 11 is 18.9. The van der Waals surface area contributed by atoms with Crippen LogP contribution in [0.4, 0.5) is 0 Å². The van der Waals surface area contributed by atoms with E-state index in [1.807, 2.05) is 114 Å². The number of hydrogen-bond acceptors (Lipinski definition) is 15. The Morgan fingerprint density at radius 1 is 0.359 bits per heavy atom. The predicted octanol–water partition coefficient (Wildman–Crippen LogP) is 9.36. The van der Waals surface area contributed by atoms with Crippen molar-refractivity contribution in [1.82, 2.24) is 14.7 Å². The van der Waals surface area contributed by atoms with E-state index in [0.29, 0.717) is 62.2 Å². The molecule has 0 saturated carbocycles. The number of rotatable bonds is 8. The molecule has 0 fully saturated rings. The molecule has 3 amide bonds. The van der Waals surface area contributed by atoms with Crippen LogP contribution < -0.4 is 0 Å². The van der Waals surface area contributed by atoms with Crippen LogP contribution in [0.1, 0.15) is 156 Å². The quantitative estimate of drug-likeness (QED) is 0.0706. The molecule has 3 aliphatic rings. The highest BCUT2D eigenvalue weighted by Crippen LogP contribution is 2.41. The highest BCUT2D eigenvalue weighted by Gasteiger charge is 2.32. The van der Waals surface area contributed by atoms with Gasteiger partial charge in [-0.2, -0.15) is 0 Å². The molecule has 7 N–H and O–H groups in total. The summed E-state index contributed by atoms with van der Waals surface area (Å²) in [5, 5.41) is 70.4. The van der Waals surface area contributed by atoms with Gasteiger partial charge in [0.1, 0.15) is 34.5 Å². The van der Waals surface area contributed by atoms with Crippen molar-refractivity contribution in [3.05, 3.63) is 175 Å². The third kappa shape index (κ3) is 31.1. The van der Waals surface area contributed by atoms with E-state index < -0.39 is 12.4 Å². The Balaban J connectivity index is 0.000000234. The second-order valence-electron chi connectivity index (χ2n) is 20.7. The Kier molecular flexibility index (Phi) is 47.5. The minimum absolute atomic E-state index is 0.00117. The average Bonchev–Trinajstić information content (AvgIpc) is 1.78. The summed E-state index contributed by atoms with van der Waals surface area (Å²) in [5.41, 5.74) is 8.46.